The number of carbonyl (C=O) groups is 7. The fraction of sp³-hybridized carbons (Fsp3) is 0.423. The van der Waals surface area contributed by atoms with Crippen LogP contribution < -0.4 is 61.1 Å². The molecule has 0 saturated carbocycles. The van der Waals surface area contributed by atoms with E-state index in [-0.39, 0.29) is 42.0 Å². The minimum absolute atomic E-state index is 0.0124. The van der Waals surface area contributed by atoms with E-state index in [0.717, 1.165) is 124 Å². The van der Waals surface area contributed by atoms with Crippen LogP contribution in [-0.2, 0) is 0 Å². The van der Waals surface area contributed by atoms with Crippen molar-refractivity contribution < 1.29 is 57.7 Å². The Hall–Kier alpha value is -16.3. The van der Waals surface area contributed by atoms with E-state index >= 15 is 0 Å². The van der Waals surface area contributed by atoms with Crippen molar-refractivity contribution >= 4 is 59.0 Å². The van der Waals surface area contributed by atoms with Crippen LogP contribution in [-0.4, -0.2) is 234 Å². The van der Waals surface area contributed by atoms with E-state index in [9.17, 15) is 70.0 Å². The number of benzene rings is 7. The fourth-order valence-corrected chi connectivity index (χ4v) is 16.9. The van der Waals surface area contributed by atoms with Crippen LogP contribution in [0.15, 0.2) is 72.8 Å². The molecule has 0 aromatic heterocycles. The molecule has 6 heterocycles. The van der Waals surface area contributed by atoms with Gasteiger partial charge in [-0.25, -0.2) is 28.8 Å². The van der Waals surface area contributed by atoms with E-state index in [4.69, 9.17) is 18.9 Å². The predicted molar refractivity (Wildman–Crippen MR) is 525 cm³/mol. The molecule has 39 nitrogen and oxygen atoms in total. The van der Waals surface area contributed by atoms with Crippen LogP contribution in [0, 0.1) is 178 Å². The van der Waals surface area contributed by atoms with Crippen LogP contribution in [0.25, 0.3) is 35.1 Å². The summed E-state index contributed by atoms with van der Waals surface area (Å²) in [6.45, 7) is 42.9. The first-order chi connectivity index (χ1) is 65.3. The number of carbonyl (C=O) groups excluding carboxylic acids is 7. The van der Waals surface area contributed by atoms with Gasteiger partial charge in [-0.15, -0.1) is 0 Å². The Morgan fingerprint density at radius 2 is 0.779 bits per heavy atom. The molecule has 7 aromatic carbocycles. The number of hydrogen-bond acceptors (Lipinski definition) is 20. The molecule has 8 N–H and O–H groups in total. The van der Waals surface area contributed by atoms with Crippen molar-refractivity contribution in [1.82, 2.24) is 61.3 Å². The largest absolute Gasteiger partial charge is 0.498 e. The Morgan fingerprint density at radius 1 is 0.397 bits per heavy atom. The topological polar surface area (TPSA) is 452 Å². The number of amides is 12. The number of hydrogen-bond donors (Lipinski definition) is 8. The highest BCUT2D eigenvalue weighted by Crippen LogP contribution is 2.41. The molecular weight excluding hydrogens is 1750 g/mol. The zero-order chi connectivity index (χ0) is 99.2. The van der Waals surface area contributed by atoms with Crippen molar-refractivity contribution in [3.8, 4) is 65.5 Å². The van der Waals surface area contributed by atoms with Gasteiger partial charge in [0.1, 0.15) is 70.3 Å². The summed E-state index contributed by atoms with van der Waals surface area (Å²) in [5, 5.41) is 111. The van der Waals surface area contributed by atoms with Crippen molar-refractivity contribution in [1.29, 1.82) is 0 Å². The van der Waals surface area contributed by atoms with Gasteiger partial charge in [-0.3, -0.25) is 4.79 Å². The molecule has 0 aliphatic carbocycles. The third-order valence-electron chi connectivity index (χ3n) is 23.3. The molecule has 0 spiro atoms. The third kappa shape index (κ3) is 28.4. The molecule has 6 aliphatic rings. The quantitative estimate of drug-likeness (QED) is 0.0175. The minimum atomic E-state index is -0.0721. The van der Waals surface area contributed by atoms with Crippen molar-refractivity contribution in [3.63, 3.8) is 0 Å². The van der Waals surface area contributed by atoms with Crippen LogP contribution >= 0.6 is 0 Å². The van der Waals surface area contributed by atoms with Crippen LogP contribution in [0.5, 0.6) is 23.0 Å². The summed E-state index contributed by atoms with van der Waals surface area (Å²) >= 11 is 0. The molecule has 718 valence electrons. The Labute approximate surface area is 791 Å². The summed E-state index contributed by atoms with van der Waals surface area (Å²) in [5.74, 6) is 2.32. The first-order valence-corrected chi connectivity index (χ1v) is 44.3. The van der Waals surface area contributed by atoms with Gasteiger partial charge in [0.2, 0.25) is 5.01 Å². The van der Waals surface area contributed by atoms with Gasteiger partial charge in [-0.1, -0.05) is 42.5 Å². The van der Waals surface area contributed by atoms with E-state index in [1.807, 2.05) is 134 Å². The number of ketones is 1. The highest BCUT2D eigenvalue weighted by Gasteiger charge is 2.31. The highest BCUT2D eigenvalue weighted by atomic mass is 16.5. The molecule has 7 aromatic rings. The zero-order valence-corrected chi connectivity index (χ0v) is 79.8. The number of nitrogens with zero attached hydrogens (tertiary/aromatic N) is 14. The number of nitrogens with one attached hydrogen (secondary N) is 7. The highest BCUT2D eigenvalue weighted by molar-refractivity contribution is 5.99. The van der Waals surface area contributed by atoms with Gasteiger partial charge in [0.15, 0.2) is 17.3 Å². The fourth-order valence-electron chi connectivity index (χ4n) is 16.9. The van der Waals surface area contributed by atoms with Gasteiger partial charge in [-0.05, 0) is 212 Å². The second-order valence-corrected chi connectivity index (χ2v) is 32.6. The summed E-state index contributed by atoms with van der Waals surface area (Å²) in [4.78, 5) is 94.2. The molecule has 0 atom stereocenters. The molecule has 0 unspecified atom stereocenters. The van der Waals surface area contributed by atoms with E-state index in [2.05, 4.69) is 120 Å². The zero-order valence-electron chi connectivity index (χ0n) is 79.8. The van der Waals surface area contributed by atoms with Gasteiger partial charge >= 0.3 is 78.7 Å². The van der Waals surface area contributed by atoms with Gasteiger partial charge in [0, 0.05) is 182 Å². The number of para-hydroxylation sites is 1. The lowest BCUT2D eigenvalue weighted by molar-refractivity contribution is 0.0975. The first kappa shape index (κ1) is 105. The Morgan fingerprint density at radius 3 is 1.22 bits per heavy atom. The van der Waals surface area contributed by atoms with Crippen LogP contribution in [0.3, 0.4) is 0 Å². The average Bonchev–Trinajstić information content (AvgIpc) is 0.779. The maximum Gasteiger partial charge on any atom is 0.388 e. The van der Waals surface area contributed by atoms with Crippen molar-refractivity contribution in [2.24, 2.45) is 0 Å². The summed E-state index contributed by atoms with van der Waals surface area (Å²) in [6, 6.07) is 38.8. The van der Waals surface area contributed by atoms with Gasteiger partial charge in [0.05, 0.1) is 26.7 Å². The Kier molecular flexibility index (Phi) is 40.2. The average molecular weight is 1870 g/mol. The van der Waals surface area contributed by atoms with E-state index in [1.165, 1.54) is 7.11 Å². The van der Waals surface area contributed by atoms with Crippen LogP contribution in [0.4, 0.5) is 45.8 Å². The van der Waals surface area contributed by atoms with E-state index < -0.39 is 0 Å². The predicted octanol–water partition coefficient (Wildman–Crippen LogP) is 14.7. The second kappa shape index (κ2) is 52.0. The maximum atomic E-state index is 12.6. The molecule has 13 rings (SSSR count). The number of Topliss-reactive ketones (excluding diaryl/α,β-unsaturated/α-hetero) is 1. The number of rotatable bonds is 27. The smallest absolute Gasteiger partial charge is 0.388 e. The number of anilines is 3. The molecular formula is C97H118N21O18+. The Bertz CT molecular complexity index is 5860. The molecule has 0 radical (unpaired) electrons. The lowest BCUT2D eigenvalue weighted by Crippen LogP contribution is -2.36. The van der Waals surface area contributed by atoms with Crippen molar-refractivity contribution in [3.05, 3.63) is 267 Å². The maximum absolute atomic E-state index is 12.6. The van der Waals surface area contributed by atoms with E-state index in [0.29, 0.717) is 208 Å². The molecule has 12 amide bonds. The molecule has 6 saturated heterocycles. The SMILES string of the molecule is COc1cc(C#[N+][O-])ccc1OCCN1CCNC1=O.Cc1cc(C)c(C(=O)CCCN2CCNC2=O)c(C)c1C#[N+][O-].Cc1cc(C)c(N(CCN2CCNC2=O)c2c(C)cc(C)c(C#[N+]O)c2C)c(C)c1C#[N+][O-].Cc1cc(C)c(NCCN2CCNC2=O)c(C)c1C#[N+][O-].Cc1cc(C)c(OCCN2CCNC2=O)c(C)c1C#[N+][O-].O=C1NCCN1CCOc1ccccc1C#[N+][O-]. The lowest BCUT2D eigenvalue weighted by Gasteiger charge is -2.33. The van der Waals surface area contributed by atoms with Crippen LogP contribution in [0.1, 0.15) is 146 Å². The molecule has 6 aliphatic heterocycles. The van der Waals surface area contributed by atoms with Crippen molar-refractivity contribution in [2.45, 2.75) is 117 Å². The number of aryl methyl sites for hydroxylation is 10. The Balaban J connectivity index is 0.000000203. The number of methoxy groups -OCH3 is 1. The minimum Gasteiger partial charge on any atom is -0.498 e. The van der Waals surface area contributed by atoms with Gasteiger partial charge in [-0.2, -0.15) is 5.21 Å². The van der Waals surface area contributed by atoms with Gasteiger partial charge in [0.25, 0.3) is 0 Å². The normalized spacial score (nSPS) is 13.4. The molecule has 0 bridgehead atoms. The summed E-state index contributed by atoms with van der Waals surface area (Å²) < 4.78 is 22.1. The standard InChI is InChI=1S/C25H29N5O3.C17H21N3O3.C15H20N4O2.C15H19N3O3.C13H15N3O4.C12H13N3O3/c1-15-11-17(3)23(19(5)21(15)13-27-32)30(10-9-29-8-7-26-25(29)31)24-18(4)12-16(2)22(14-28-33)20(24)6;1-11-9-12(2)16(13(3)14(11)10-19-23)15(21)5-4-7-20-8-6-18-17(20)22;1-10-8-11(2)14(12(3)13(10)9-18-21)16-4-6-19-7-5-17-15(19)20;1-10-8-11(2)14(12(3)13(10)9-17-20)21-7-6-18-5-4-16-15(18)19;1-19-12-8-10(9-15-18)2-3-11(12)20-7-6-16-5-4-14-13(16)17;16-12-13-5-6-15(12)7-8-18-11-4-2-1-3-10(11)9-14-17/h11-12H,7-10H2,1-6H3,(H-,26,31,32);9H,4-8H2,1-3H3,(H,18,22);8,16H,4-7H2,1-3H3,(H,17,20);8H,4-7H2,1-3H3,(H,16,19);2-3,8H,4-7H2,1H3,(H,14,17);1-4H,5-8H2,(H,13,16)/p+1. The van der Waals surface area contributed by atoms with Crippen molar-refractivity contribution in [2.75, 3.05) is 168 Å². The van der Waals surface area contributed by atoms with Crippen LogP contribution in [0.2, 0.25) is 0 Å². The monoisotopic (exact) mass is 1860 g/mol. The second-order valence-electron chi connectivity index (χ2n) is 32.6. The third-order valence-corrected chi connectivity index (χ3v) is 23.3. The number of ether oxygens (including phenoxy) is 4. The number of urea groups is 6. The van der Waals surface area contributed by atoms with E-state index in [1.54, 1.807) is 71.9 Å². The molecule has 136 heavy (non-hydrogen) atoms. The summed E-state index contributed by atoms with van der Waals surface area (Å²) in [6.07, 6.45) is 0.982. The first-order valence-electron chi connectivity index (χ1n) is 44.3. The molecule has 39 heteroatoms. The summed E-state index contributed by atoms with van der Waals surface area (Å²) in [7, 11) is 1.51. The molecule has 6 fully saturated rings. The summed E-state index contributed by atoms with van der Waals surface area (Å²) in [5.41, 5.74) is 22.0. The lowest BCUT2D eigenvalue weighted by atomic mass is 9.90. The van der Waals surface area contributed by atoms with Gasteiger partial charge < -0.3 is 122 Å².